The zero-order chi connectivity index (χ0) is 23.0. The molecule has 0 spiro atoms. The van der Waals surface area contributed by atoms with Gasteiger partial charge in [-0.3, -0.25) is 9.59 Å². The Morgan fingerprint density at radius 2 is 1.75 bits per heavy atom. The molecule has 164 valence electrons. The summed E-state index contributed by atoms with van der Waals surface area (Å²) in [6.07, 6.45) is 0. The van der Waals surface area contributed by atoms with E-state index in [1.807, 2.05) is 0 Å². The number of aryl methyl sites for hydroxylation is 1. The van der Waals surface area contributed by atoms with Crippen molar-refractivity contribution in [2.75, 3.05) is 11.9 Å². The number of nitrogens with one attached hydrogen (secondary N) is 2. The van der Waals surface area contributed by atoms with Crippen molar-refractivity contribution >= 4 is 39.1 Å². The first kappa shape index (κ1) is 21.5. The zero-order valence-corrected chi connectivity index (χ0v) is 17.2. The number of carbonyl (C=O) groups excluding carboxylic acids is 2. The van der Waals surface area contributed by atoms with Gasteiger partial charge in [0.2, 0.25) is 5.91 Å². The average molecular weight is 462 g/mol. The Hall–Kier alpha value is -3.73. The second kappa shape index (κ2) is 8.42. The minimum Gasteiger partial charge on any atom is -0.342 e. The fourth-order valence-electron chi connectivity index (χ4n) is 2.98. The summed E-state index contributed by atoms with van der Waals surface area (Å²) >= 11 is 1.13. The van der Waals surface area contributed by atoms with Crippen LogP contribution in [0.25, 0.3) is 15.9 Å². The summed E-state index contributed by atoms with van der Waals surface area (Å²) in [5.74, 6) is -6.39. The molecule has 0 saturated heterocycles. The minimum absolute atomic E-state index is 0.295. The van der Waals surface area contributed by atoms with Crippen molar-refractivity contribution in [2.45, 2.75) is 6.92 Å². The molecule has 4 rings (SSSR count). The molecule has 4 aromatic rings. The number of benzene rings is 2. The molecule has 0 aliphatic heterocycles. The van der Waals surface area contributed by atoms with Gasteiger partial charge in [0.25, 0.3) is 5.91 Å². The number of amides is 2. The largest absolute Gasteiger partial charge is 0.342 e. The molecule has 2 amide bonds. The summed E-state index contributed by atoms with van der Waals surface area (Å²) in [5.41, 5.74) is 0.734. The Balaban J connectivity index is 1.47. The van der Waals surface area contributed by atoms with Gasteiger partial charge in [-0.1, -0.05) is 0 Å². The van der Waals surface area contributed by atoms with E-state index >= 15 is 0 Å². The molecular formula is C21H14F4N4O2S. The van der Waals surface area contributed by atoms with Crippen LogP contribution in [0.5, 0.6) is 0 Å². The Morgan fingerprint density at radius 3 is 2.47 bits per heavy atom. The number of aromatic nitrogens is 2. The second-order valence-corrected chi connectivity index (χ2v) is 7.79. The third kappa shape index (κ3) is 4.06. The summed E-state index contributed by atoms with van der Waals surface area (Å²) in [4.78, 5) is 25.4. The molecule has 0 bridgehead atoms. The predicted molar refractivity (Wildman–Crippen MR) is 111 cm³/mol. The molecule has 0 saturated carbocycles. The average Bonchev–Trinajstić information content (AvgIpc) is 3.34. The van der Waals surface area contributed by atoms with Gasteiger partial charge < -0.3 is 10.6 Å². The van der Waals surface area contributed by atoms with E-state index in [9.17, 15) is 27.2 Å². The number of anilines is 1. The van der Waals surface area contributed by atoms with Gasteiger partial charge in [-0.05, 0) is 49.4 Å². The van der Waals surface area contributed by atoms with E-state index < -0.39 is 41.5 Å². The van der Waals surface area contributed by atoms with Gasteiger partial charge in [-0.15, -0.1) is 11.3 Å². The monoisotopic (exact) mass is 462 g/mol. The summed E-state index contributed by atoms with van der Waals surface area (Å²) < 4.78 is 54.7. The highest BCUT2D eigenvalue weighted by atomic mass is 32.1. The van der Waals surface area contributed by atoms with E-state index in [1.165, 1.54) is 12.1 Å². The number of nitrogens with zero attached hydrogens (tertiary/aromatic N) is 2. The molecule has 0 radical (unpaired) electrons. The van der Waals surface area contributed by atoms with Crippen LogP contribution in [0.4, 0.5) is 23.2 Å². The van der Waals surface area contributed by atoms with Crippen molar-refractivity contribution in [1.82, 2.24) is 15.1 Å². The SMILES string of the molecule is Cc1nn(-c2ccc(F)cc2)c2sc(C(=O)NCC(=O)Nc3ccc(F)c(F)c3F)cc12. The fraction of sp³-hybridized carbons (Fsp3) is 0.0952. The van der Waals surface area contributed by atoms with Crippen LogP contribution < -0.4 is 10.6 Å². The van der Waals surface area contributed by atoms with Crippen molar-refractivity contribution in [3.63, 3.8) is 0 Å². The Kier molecular flexibility index (Phi) is 5.66. The summed E-state index contributed by atoms with van der Waals surface area (Å²) in [7, 11) is 0. The first-order valence-electron chi connectivity index (χ1n) is 9.21. The maximum absolute atomic E-state index is 13.7. The topological polar surface area (TPSA) is 76.0 Å². The number of rotatable bonds is 5. The molecule has 2 aromatic heterocycles. The molecule has 0 aliphatic rings. The highest BCUT2D eigenvalue weighted by Gasteiger charge is 2.19. The molecule has 2 heterocycles. The minimum atomic E-state index is -1.71. The normalized spacial score (nSPS) is 11.0. The summed E-state index contributed by atoms with van der Waals surface area (Å²) in [6.45, 7) is 1.25. The molecule has 6 nitrogen and oxygen atoms in total. The van der Waals surface area contributed by atoms with Gasteiger partial charge >= 0.3 is 0 Å². The highest BCUT2D eigenvalue weighted by molar-refractivity contribution is 7.20. The molecule has 0 atom stereocenters. The van der Waals surface area contributed by atoms with Gasteiger partial charge in [0.1, 0.15) is 10.6 Å². The number of thiophene rings is 1. The van der Waals surface area contributed by atoms with Crippen molar-refractivity contribution < 1.29 is 27.2 Å². The maximum Gasteiger partial charge on any atom is 0.261 e. The van der Waals surface area contributed by atoms with Crippen LogP contribution in [0, 0.1) is 30.2 Å². The van der Waals surface area contributed by atoms with Crippen LogP contribution in [-0.2, 0) is 4.79 Å². The highest BCUT2D eigenvalue weighted by Crippen LogP contribution is 2.30. The van der Waals surface area contributed by atoms with Crippen LogP contribution in [0.15, 0.2) is 42.5 Å². The van der Waals surface area contributed by atoms with E-state index in [1.54, 1.807) is 29.8 Å². The molecule has 0 fully saturated rings. The lowest BCUT2D eigenvalue weighted by molar-refractivity contribution is -0.115. The van der Waals surface area contributed by atoms with Gasteiger partial charge in [0, 0.05) is 5.39 Å². The zero-order valence-electron chi connectivity index (χ0n) is 16.4. The van der Waals surface area contributed by atoms with Crippen molar-refractivity contribution in [1.29, 1.82) is 0 Å². The summed E-state index contributed by atoms with van der Waals surface area (Å²) in [5, 5.41) is 9.59. The molecule has 2 aromatic carbocycles. The number of hydrogen-bond acceptors (Lipinski definition) is 4. The summed E-state index contributed by atoms with van der Waals surface area (Å²) in [6, 6.07) is 8.89. The van der Waals surface area contributed by atoms with Crippen LogP contribution >= 0.6 is 11.3 Å². The third-order valence-electron chi connectivity index (χ3n) is 4.56. The first-order valence-corrected chi connectivity index (χ1v) is 10.0. The fourth-order valence-corrected chi connectivity index (χ4v) is 4.08. The van der Waals surface area contributed by atoms with E-state index in [0.717, 1.165) is 22.8 Å². The van der Waals surface area contributed by atoms with Crippen LogP contribution in [0.2, 0.25) is 0 Å². The number of fused-ring (bicyclic) bond motifs is 1. The number of halogens is 4. The Bertz CT molecular complexity index is 1350. The van der Waals surface area contributed by atoms with Crippen LogP contribution in [0.1, 0.15) is 15.4 Å². The van der Waals surface area contributed by atoms with Crippen molar-refractivity contribution in [3.8, 4) is 5.69 Å². The van der Waals surface area contributed by atoms with Gasteiger partial charge in [-0.25, -0.2) is 22.2 Å². The van der Waals surface area contributed by atoms with Gasteiger partial charge in [-0.2, -0.15) is 5.10 Å². The molecule has 11 heteroatoms. The Labute approximate surface area is 182 Å². The lowest BCUT2D eigenvalue weighted by atomic mass is 10.2. The van der Waals surface area contributed by atoms with Crippen molar-refractivity contribution in [3.05, 3.63) is 76.3 Å². The quantitative estimate of drug-likeness (QED) is 0.343. The van der Waals surface area contributed by atoms with Crippen LogP contribution in [0.3, 0.4) is 0 Å². The van der Waals surface area contributed by atoms with E-state index in [4.69, 9.17) is 0 Å². The van der Waals surface area contributed by atoms with Gasteiger partial charge in [0.15, 0.2) is 17.5 Å². The van der Waals surface area contributed by atoms with E-state index in [0.29, 0.717) is 27.2 Å². The smallest absolute Gasteiger partial charge is 0.261 e. The predicted octanol–water partition coefficient (Wildman–Crippen LogP) is 4.32. The van der Waals surface area contributed by atoms with E-state index in [-0.39, 0.29) is 5.82 Å². The molecule has 2 N–H and O–H groups in total. The third-order valence-corrected chi connectivity index (χ3v) is 5.67. The van der Waals surface area contributed by atoms with Crippen molar-refractivity contribution in [2.24, 2.45) is 0 Å². The van der Waals surface area contributed by atoms with Gasteiger partial charge in [0.05, 0.1) is 28.5 Å². The lowest BCUT2D eigenvalue weighted by Gasteiger charge is -2.08. The second-order valence-electron chi connectivity index (χ2n) is 6.76. The Morgan fingerprint density at radius 1 is 1.03 bits per heavy atom. The molecule has 32 heavy (non-hydrogen) atoms. The number of hydrogen-bond donors (Lipinski definition) is 2. The molecular weight excluding hydrogens is 448 g/mol. The van der Waals surface area contributed by atoms with Crippen LogP contribution in [-0.4, -0.2) is 28.1 Å². The standard InChI is InChI=1S/C21H14F4N4O2S/c1-10-13-8-16(32-21(13)29(28-10)12-4-2-11(22)3-5-12)20(31)26-9-17(30)27-15-7-6-14(23)18(24)19(15)25/h2-8H,9H2,1H3,(H,26,31)(H,27,30). The molecule has 0 aliphatic carbocycles. The lowest BCUT2D eigenvalue weighted by Crippen LogP contribution is -2.32. The first-order chi connectivity index (χ1) is 15.2. The van der Waals surface area contributed by atoms with E-state index in [2.05, 4.69) is 15.7 Å². The number of carbonyl (C=O) groups is 2. The maximum atomic E-state index is 13.7. The molecule has 0 unspecified atom stereocenters.